The van der Waals surface area contributed by atoms with Crippen molar-refractivity contribution in [3.63, 3.8) is 0 Å². The first-order valence-electron chi connectivity index (χ1n) is 13.1. The number of nitrogens with zero attached hydrogens (tertiary/aromatic N) is 1. The molecular formula is C29H33F2NO5. The summed E-state index contributed by atoms with van der Waals surface area (Å²) in [5.41, 5.74) is -4.32. The van der Waals surface area contributed by atoms with Crippen LogP contribution in [0.4, 0.5) is 8.78 Å². The van der Waals surface area contributed by atoms with Crippen LogP contribution in [0.5, 0.6) is 0 Å². The summed E-state index contributed by atoms with van der Waals surface area (Å²) in [5.74, 6) is -3.39. The molecule has 0 spiro atoms. The van der Waals surface area contributed by atoms with E-state index in [9.17, 15) is 19.8 Å². The Hall–Kier alpha value is -2.42. The first-order chi connectivity index (χ1) is 17.4. The van der Waals surface area contributed by atoms with Crippen LogP contribution in [0, 0.1) is 35.5 Å². The Morgan fingerprint density at radius 2 is 1.89 bits per heavy atom. The van der Waals surface area contributed by atoms with Crippen molar-refractivity contribution >= 4 is 11.8 Å². The number of alkyl halides is 2. The number of rotatable bonds is 3. The van der Waals surface area contributed by atoms with Crippen molar-refractivity contribution in [2.24, 2.45) is 28.6 Å². The Balaban J connectivity index is 1.38. The molecule has 5 aliphatic rings. The number of carbonyl (C=O) groups excluding carboxylic acids is 1. The Morgan fingerprint density at radius 3 is 2.57 bits per heavy atom. The van der Waals surface area contributed by atoms with Crippen LogP contribution in [0.25, 0.3) is 0 Å². The topological polar surface area (TPSA) is 87.1 Å². The van der Waals surface area contributed by atoms with Gasteiger partial charge < -0.3 is 10.2 Å². The molecule has 1 saturated heterocycles. The van der Waals surface area contributed by atoms with Crippen molar-refractivity contribution in [2.45, 2.75) is 70.1 Å². The number of carboxylic acids is 1. The van der Waals surface area contributed by atoms with E-state index in [1.54, 1.807) is 18.9 Å². The molecule has 1 heterocycles. The smallest absolute Gasteiger partial charge is 0.339 e. The average molecular weight is 514 g/mol. The molecule has 6 nitrogen and oxygen atoms in total. The molecule has 2 N–H and O–H groups in total. The van der Waals surface area contributed by atoms with Gasteiger partial charge in [0.2, 0.25) is 0 Å². The lowest BCUT2D eigenvalue weighted by molar-refractivity contribution is -0.275. The highest BCUT2D eigenvalue weighted by atomic mass is 19.1. The van der Waals surface area contributed by atoms with Gasteiger partial charge in [0, 0.05) is 35.8 Å². The molecule has 1 aromatic rings. The Morgan fingerprint density at radius 1 is 1.19 bits per heavy atom. The summed E-state index contributed by atoms with van der Waals surface area (Å²) in [4.78, 5) is 31.3. The van der Waals surface area contributed by atoms with Gasteiger partial charge in [-0.05, 0) is 62.3 Å². The highest BCUT2D eigenvalue weighted by Crippen LogP contribution is 2.72. The number of carbonyl (C=O) groups is 2. The van der Waals surface area contributed by atoms with E-state index in [4.69, 9.17) is 4.84 Å². The third-order valence-corrected chi connectivity index (χ3v) is 10.5. The number of aliphatic hydroxyl groups is 1. The maximum atomic E-state index is 17.3. The highest BCUT2D eigenvalue weighted by Gasteiger charge is 2.80. The lowest BCUT2D eigenvalue weighted by atomic mass is 9.44. The molecule has 198 valence electrons. The van der Waals surface area contributed by atoms with Gasteiger partial charge in [-0.2, -0.15) is 5.06 Å². The van der Waals surface area contributed by atoms with Gasteiger partial charge in [-0.1, -0.05) is 42.8 Å². The third-order valence-electron chi connectivity index (χ3n) is 10.5. The van der Waals surface area contributed by atoms with E-state index in [0.29, 0.717) is 19.5 Å². The second kappa shape index (κ2) is 7.80. The summed E-state index contributed by atoms with van der Waals surface area (Å²) >= 11 is 0. The molecular weight excluding hydrogens is 480 g/mol. The number of aliphatic hydroxyl groups excluding tert-OH is 1. The van der Waals surface area contributed by atoms with Crippen molar-refractivity contribution in [1.82, 2.24) is 5.06 Å². The van der Waals surface area contributed by atoms with Crippen molar-refractivity contribution < 1.29 is 33.4 Å². The molecule has 0 aromatic heterocycles. The van der Waals surface area contributed by atoms with E-state index in [2.05, 4.69) is 0 Å². The zero-order valence-electron chi connectivity index (χ0n) is 21.3. The quantitative estimate of drug-likeness (QED) is 0.633. The first kappa shape index (κ1) is 24.9. The van der Waals surface area contributed by atoms with E-state index in [-0.39, 0.29) is 18.4 Å². The summed E-state index contributed by atoms with van der Waals surface area (Å²) in [6.45, 7) is 6.07. The number of hydrogen-bond acceptors (Lipinski definition) is 5. The van der Waals surface area contributed by atoms with Gasteiger partial charge in [0.1, 0.15) is 6.17 Å². The number of carboxylic acid groups (broad SMARTS) is 1. The van der Waals surface area contributed by atoms with Crippen molar-refractivity contribution in [1.29, 1.82) is 0 Å². The maximum absolute atomic E-state index is 17.3. The molecule has 37 heavy (non-hydrogen) atoms. The molecule has 0 unspecified atom stereocenters. The van der Waals surface area contributed by atoms with Crippen molar-refractivity contribution in [3.05, 3.63) is 59.2 Å². The van der Waals surface area contributed by atoms with E-state index >= 15 is 8.78 Å². The van der Waals surface area contributed by atoms with Crippen molar-refractivity contribution in [3.8, 4) is 0 Å². The van der Waals surface area contributed by atoms with Crippen LogP contribution >= 0.6 is 0 Å². The van der Waals surface area contributed by atoms with Gasteiger partial charge in [0.25, 0.3) is 0 Å². The van der Waals surface area contributed by atoms with Crippen LogP contribution < -0.4 is 0 Å². The standard InChI is InChI=1S/C29H33F2NO5/c1-16-4-6-17(7-5-16)14-32-15-18-10-20-21-12-23(30)22-11-19(33)8-9-26(22,2)28(21,31)24(34)13-27(20,3)29(18,37-32)25(35)36/h4-9,11,18,20-21,23-24,34H,10,12-15H2,1-3H3,(H,35,36)/t18-,20-,21-,23-,24-,26-,27-,28-,29-/m0/s1. The molecule has 1 aliphatic heterocycles. The monoisotopic (exact) mass is 513 g/mol. The SMILES string of the molecule is Cc1ccc(CN2C[C@@H]3C[C@H]4[C@@H]5C[C@H](F)C6=CC(=O)C=C[C@]6(C)[C@@]5(F)[C@@H](O)C[C@]4(C)[C@]3(C(=O)O)O2)cc1. The van der Waals surface area contributed by atoms with E-state index in [1.165, 1.54) is 12.2 Å². The fourth-order valence-corrected chi connectivity index (χ4v) is 8.67. The molecule has 0 bridgehead atoms. The Labute approximate surface area is 214 Å². The predicted octanol–water partition coefficient (Wildman–Crippen LogP) is 4.11. The maximum Gasteiger partial charge on any atom is 0.339 e. The minimum absolute atomic E-state index is 0.0630. The van der Waals surface area contributed by atoms with Crippen LogP contribution in [-0.2, 0) is 21.0 Å². The van der Waals surface area contributed by atoms with Gasteiger partial charge in [0.05, 0.1) is 6.10 Å². The number of benzene rings is 1. The Bertz CT molecular complexity index is 1230. The second-order valence-electron chi connectivity index (χ2n) is 12.2. The minimum Gasteiger partial charge on any atom is -0.479 e. The average Bonchev–Trinajstić information content (AvgIpc) is 3.31. The molecule has 8 heteroatoms. The van der Waals surface area contributed by atoms with Gasteiger partial charge in [0.15, 0.2) is 17.1 Å². The lowest BCUT2D eigenvalue weighted by Crippen LogP contribution is -2.70. The highest BCUT2D eigenvalue weighted by molar-refractivity contribution is 6.01. The van der Waals surface area contributed by atoms with E-state index in [1.807, 2.05) is 31.2 Å². The molecule has 4 aliphatic carbocycles. The first-order valence-corrected chi connectivity index (χ1v) is 13.1. The number of fused-ring (bicyclic) bond motifs is 7. The summed E-state index contributed by atoms with van der Waals surface area (Å²) in [7, 11) is 0. The van der Waals surface area contributed by atoms with Gasteiger partial charge >= 0.3 is 5.97 Å². The predicted molar refractivity (Wildman–Crippen MR) is 131 cm³/mol. The Kier molecular flexibility index (Phi) is 5.25. The number of aliphatic carboxylic acids is 1. The molecule has 1 aromatic carbocycles. The van der Waals surface area contributed by atoms with Crippen LogP contribution in [0.15, 0.2) is 48.1 Å². The van der Waals surface area contributed by atoms with Gasteiger partial charge in [-0.25, -0.2) is 13.6 Å². The number of allylic oxidation sites excluding steroid dienone is 4. The largest absolute Gasteiger partial charge is 0.479 e. The van der Waals surface area contributed by atoms with Crippen LogP contribution in [-0.4, -0.2) is 57.1 Å². The fraction of sp³-hybridized carbons (Fsp3) is 0.586. The zero-order chi connectivity index (χ0) is 26.5. The third kappa shape index (κ3) is 3.00. The zero-order valence-corrected chi connectivity index (χ0v) is 21.3. The second-order valence-corrected chi connectivity index (χ2v) is 12.2. The summed E-state index contributed by atoms with van der Waals surface area (Å²) < 4.78 is 32.9. The number of ketones is 1. The fourth-order valence-electron chi connectivity index (χ4n) is 8.67. The summed E-state index contributed by atoms with van der Waals surface area (Å²) in [5, 5.41) is 23.7. The number of aryl methyl sites for hydroxylation is 1. The summed E-state index contributed by atoms with van der Waals surface area (Å²) in [6, 6.07) is 7.93. The van der Waals surface area contributed by atoms with E-state index < -0.39 is 63.9 Å². The molecule has 9 atom stereocenters. The summed E-state index contributed by atoms with van der Waals surface area (Å²) in [6.07, 6.45) is 0.730. The van der Waals surface area contributed by atoms with Crippen molar-refractivity contribution in [2.75, 3.05) is 6.54 Å². The van der Waals surface area contributed by atoms with Crippen LogP contribution in [0.3, 0.4) is 0 Å². The molecule has 0 amide bonds. The molecule has 0 radical (unpaired) electrons. The van der Waals surface area contributed by atoms with Gasteiger partial charge in [-0.3, -0.25) is 9.63 Å². The molecule has 4 fully saturated rings. The van der Waals surface area contributed by atoms with Crippen LogP contribution in [0.1, 0.15) is 44.2 Å². The minimum atomic E-state index is -2.23. The molecule has 3 saturated carbocycles. The molecule has 6 rings (SSSR count). The van der Waals surface area contributed by atoms with Gasteiger partial charge in [-0.15, -0.1) is 0 Å². The number of hydroxylamine groups is 2. The number of hydrogen-bond donors (Lipinski definition) is 2. The normalized spacial score (nSPS) is 46.6. The lowest BCUT2D eigenvalue weighted by Gasteiger charge is -2.63. The van der Waals surface area contributed by atoms with E-state index in [0.717, 1.165) is 17.2 Å². The number of halogens is 2. The van der Waals surface area contributed by atoms with Crippen LogP contribution in [0.2, 0.25) is 0 Å².